The summed E-state index contributed by atoms with van der Waals surface area (Å²) in [7, 11) is 0. The van der Waals surface area contributed by atoms with Gasteiger partial charge in [-0.2, -0.15) is 0 Å². The van der Waals surface area contributed by atoms with E-state index in [0.29, 0.717) is 10.7 Å². The Morgan fingerprint density at radius 1 is 1.06 bits per heavy atom. The number of rotatable bonds is 2. The van der Waals surface area contributed by atoms with Crippen LogP contribution in [0, 0.1) is 0 Å². The van der Waals surface area contributed by atoms with E-state index in [1.807, 2.05) is 36.4 Å². The van der Waals surface area contributed by atoms with E-state index < -0.39 is 0 Å². The molecule has 17 heavy (non-hydrogen) atoms. The van der Waals surface area contributed by atoms with E-state index in [1.54, 1.807) is 0 Å². The number of nitrogens with two attached hydrogens (primary N) is 1. The number of hydrogen-bond acceptors (Lipinski definition) is 2. The van der Waals surface area contributed by atoms with Crippen LogP contribution in [0.25, 0.3) is 0 Å². The lowest BCUT2D eigenvalue weighted by Gasteiger charge is -2.11. The Morgan fingerprint density at radius 2 is 1.82 bits per heavy atom. The second kappa shape index (κ2) is 5.29. The molecule has 5 heteroatoms. The molecule has 0 unspecified atom stereocenters. The highest BCUT2D eigenvalue weighted by atomic mass is 79.9. The Balaban J connectivity index is 2.35. The molecule has 0 aromatic heterocycles. The molecule has 0 radical (unpaired) electrons. The minimum absolute atomic E-state index is 0.658. The number of nitrogens with one attached hydrogen (secondary N) is 1. The first-order chi connectivity index (χ1) is 8.08. The molecule has 0 amide bonds. The lowest BCUT2D eigenvalue weighted by Crippen LogP contribution is -1.96. The zero-order valence-corrected chi connectivity index (χ0v) is 12.6. The molecule has 0 aliphatic rings. The van der Waals surface area contributed by atoms with Gasteiger partial charge in [-0.05, 0) is 46.3 Å². The molecule has 2 aromatic carbocycles. The highest BCUT2D eigenvalue weighted by Gasteiger charge is 2.06. The molecule has 3 N–H and O–H groups in total. The molecular weight excluding hydrogens is 367 g/mol. The Bertz CT molecular complexity index is 558. The van der Waals surface area contributed by atoms with Crippen LogP contribution in [0.2, 0.25) is 5.02 Å². The van der Waals surface area contributed by atoms with E-state index in [4.69, 9.17) is 17.3 Å². The van der Waals surface area contributed by atoms with Gasteiger partial charge >= 0.3 is 0 Å². The molecule has 0 spiro atoms. The summed E-state index contributed by atoms with van der Waals surface area (Å²) < 4.78 is 1.77. The van der Waals surface area contributed by atoms with Crippen LogP contribution in [0.4, 0.5) is 17.1 Å². The van der Waals surface area contributed by atoms with Gasteiger partial charge in [-0.3, -0.25) is 0 Å². The summed E-state index contributed by atoms with van der Waals surface area (Å²) in [6.07, 6.45) is 0. The molecular formula is C12H9Br2ClN2. The molecule has 0 aliphatic heterocycles. The fourth-order valence-electron chi connectivity index (χ4n) is 1.39. The van der Waals surface area contributed by atoms with Crippen molar-refractivity contribution >= 4 is 60.5 Å². The largest absolute Gasteiger partial charge is 0.397 e. The lowest BCUT2D eigenvalue weighted by molar-refractivity contribution is 1.51. The number of nitrogen functional groups attached to an aromatic ring is 1. The first kappa shape index (κ1) is 12.7. The predicted molar refractivity (Wildman–Crippen MR) is 81.0 cm³/mol. The van der Waals surface area contributed by atoms with Gasteiger partial charge in [0.25, 0.3) is 0 Å². The number of benzene rings is 2. The SMILES string of the molecule is Nc1cc(Br)ccc1Nc1cccc(Cl)c1Br. The van der Waals surface area contributed by atoms with Crippen molar-refractivity contribution in [1.82, 2.24) is 0 Å². The first-order valence-corrected chi connectivity index (χ1v) is 6.80. The number of anilines is 3. The Morgan fingerprint density at radius 3 is 2.53 bits per heavy atom. The zero-order valence-electron chi connectivity index (χ0n) is 8.68. The van der Waals surface area contributed by atoms with Crippen molar-refractivity contribution in [2.45, 2.75) is 0 Å². The third kappa shape index (κ3) is 2.94. The van der Waals surface area contributed by atoms with Gasteiger partial charge in [0.2, 0.25) is 0 Å². The smallest absolute Gasteiger partial charge is 0.0619 e. The van der Waals surface area contributed by atoms with Crippen LogP contribution in [0.1, 0.15) is 0 Å². The molecule has 0 aliphatic carbocycles. The van der Waals surface area contributed by atoms with Crippen molar-refractivity contribution in [3.63, 3.8) is 0 Å². The van der Waals surface area contributed by atoms with E-state index in [0.717, 1.165) is 20.3 Å². The van der Waals surface area contributed by atoms with Gasteiger partial charge in [-0.25, -0.2) is 0 Å². The zero-order chi connectivity index (χ0) is 12.4. The van der Waals surface area contributed by atoms with Gasteiger partial charge in [-0.15, -0.1) is 0 Å². The monoisotopic (exact) mass is 374 g/mol. The van der Waals surface area contributed by atoms with Gasteiger partial charge in [0.1, 0.15) is 0 Å². The van der Waals surface area contributed by atoms with Crippen molar-refractivity contribution in [3.05, 3.63) is 50.4 Å². The van der Waals surface area contributed by atoms with E-state index in [2.05, 4.69) is 37.2 Å². The summed E-state index contributed by atoms with van der Waals surface area (Å²) in [5.74, 6) is 0. The van der Waals surface area contributed by atoms with Crippen molar-refractivity contribution < 1.29 is 0 Å². The van der Waals surface area contributed by atoms with Crippen LogP contribution in [0.5, 0.6) is 0 Å². The summed E-state index contributed by atoms with van der Waals surface area (Å²) in [6.45, 7) is 0. The summed E-state index contributed by atoms with van der Waals surface area (Å²) in [5.41, 5.74) is 8.31. The minimum Gasteiger partial charge on any atom is -0.397 e. The fraction of sp³-hybridized carbons (Fsp3) is 0. The standard InChI is InChI=1S/C12H9Br2ClN2/c13-7-4-5-10(9(16)6-7)17-11-3-1-2-8(15)12(11)14/h1-6,17H,16H2. The van der Waals surface area contributed by atoms with Crippen LogP contribution in [0.15, 0.2) is 45.3 Å². The average molecular weight is 376 g/mol. The highest BCUT2D eigenvalue weighted by molar-refractivity contribution is 9.11. The molecule has 2 aromatic rings. The Labute approximate surface area is 121 Å². The van der Waals surface area contributed by atoms with Crippen molar-refractivity contribution in [1.29, 1.82) is 0 Å². The predicted octanol–water partition coefficient (Wildman–Crippen LogP) is 5.19. The second-order valence-corrected chi connectivity index (χ2v) is 5.57. The summed E-state index contributed by atoms with van der Waals surface area (Å²) >= 11 is 12.8. The number of halogens is 3. The van der Waals surface area contributed by atoms with E-state index in [9.17, 15) is 0 Å². The van der Waals surface area contributed by atoms with E-state index in [-0.39, 0.29) is 0 Å². The normalized spacial score (nSPS) is 10.3. The van der Waals surface area contributed by atoms with Gasteiger partial charge in [0, 0.05) is 4.47 Å². The molecule has 2 nitrogen and oxygen atoms in total. The maximum absolute atomic E-state index is 6.02. The summed E-state index contributed by atoms with van der Waals surface area (Å²) in [5, 5.41) is 3.89. The van der Waals surface area contributed by atoms with Gasteiger partial charge in [-0.1, -0.05) is 33.6 Å². The lowest BCUT2D eigenvalue weighted by atomic mass is 10.2. The molecule has 2 rings (SSSR count). The summed E-state index contributed by atoms with van der Waals surface area (Å²) in [4.78, 5) is 0. The Hall–Kier alpha value is -0.710. The third-order valence-electron chi connectivity index (χ3n) is 2.23. The maximum atomic E-state index is 6.02. The van der Waals surface area contributed by atoms with Gasteiger partial charge < -0.3 is 11.1 Å². The average Bonchev–Trinajstić information content (AvgIpc) is 2.28. The highest BCUT2D eigenvalue weighted by Crippen LogP contribution is 2.34. The molecule has 0 atom stereocenters. The molecule has 0 fully saturated rings. The van der Waals surface area contributed by atoms with Crippen LogP contribution >= 0.6 is 43.5 Å². The van der Waals surface area contributed by atoms with E-state index >= 15 is 0 Å². The van der Waals surface area contributed by atoms with Crippen LogP contribution in [-0.2, 0) is 0 Å². The Kier molecular flexibility index (Phi) is 3.97. The molecule has 88 valence electrons. The van der Waals surface area contributed by atoms with Crippen LogP contribution in [0.3, 0.4) is 0 Å². The molecule has 0 saturated heterocycles. The first-order valence-electron chi connectivity index (χ1n) is 4.84. The topological polar surface area (TPSA) is 38.0 Å². The van der Waals surface area contributed by atoms with Gasteiger partial charge in [0.05, 0.1) is 26.6 Å². The van der Waals surface area contributed by atoms with Crippen molar-refractivity contribution in [2.75, 3.05) is 11.1 Å². The second-order valence-electron chi connectivity index (χ2n) is 3.46. The van der Waals surface area contributed by atoms with Crippen molar-refractivity contribution in [3.8, 4) is 0 Å². The number of hydrogen-bond donors (Lipinski definition) is 2. The third-order valence-corrected chi connectivity index (χ3v) is 4.13. The molecule has 0 bridgehead atoms. The summed E-state index contributed by atoms with van der Waals surface area (Å²) in [6, 6.07) is 11.3. The van der Waals surface area contributed by atoms with Crippen LogP contribution < -0.4 is 11.1 Å². The fourth-order valence-corrected chi connectivity index (χ4v) is 2.31. The van der Waals surface area contributed by atoms with Crippen molar-refractivity contribution in [2.24, 2.45) is 0 Å². The quantitative estimate of drug-likeness (QED) is 0.708. The minimum atomic E-state index is 0.658. The molecule has 0 saturated carbocycles. The van der Waals surface area contributed by atoms with E-state index in [1.165, 1.54) is 0 Å². The van der Waals surface area contributed by atoms with Crippen LogP contribution in [-0.4, -0.2) is 0 Å². The van der Waals surface area contributed by atoms with Gasteiger partial charge in [0.15, 0.2) is 0 Å². The molecule has 0 heterocycles. The maximum Gasteiger partial charge on any atom is 0.0619 e.